The predicted octanol–water partition coefficient (Wildman–Crippen LogP) is 5.94. The molecule has 1 heterocycles. The zero-order valence-electron chi connectivity index (χ0n) is 17.7. The number of likely N-dealkylation sites (tertiary alicyclic amines) is 1. The lowest BCUT2D eigenvalue weighted by molar-refractivity contribution is -0.0577. The van der Waals surface area contributed by atoms with Crippen LogP contribution in [0, 0.1) is 5.41 Å². The van der Waals surface area contributed by atoms with Crippen molar-refractivity contribution >= 4 is 23.3 Å². The van der Waals surface area contributed by atoms with Crippen LogP contribution in [-0.4, -0.2) is 42.4 Å². The lowest BCUT2D eigenvalue weighted by atomic mass is 9.72. The molecule has 1 fully saturated rings. The topological polar surface area (TPSA) is 38.8 Å². The van der Waals surface area contributed by atoms with Gasteiger partial charge in [-0.15, -0.1) is 0 Å². The van der Waals surface area contributed by atoms with Crippen molar-refractivity contribution in [1.29, 1.82) is 0 Å². The van der Waals surface area contributed by atoms with E-state index in [0.717, 1.165) is 24.3 Å². The highest BCUT2D eigenvalue weighted by molar-refractivity contribution is 6.30. The van der Waals surface area contributed by atoms with Crippen molar-refractivity contribution in [3.05, 3.63) is 40.4 Å². The fourth-order valence-corrected chi connectivity index (χ4v) is 3.81. The van der Waals surface area contributed by atoms with Crippen LogP contribution in [-0.2, 0) is 9.47 Å². The summed E-state index contributed by atoms with van der Waals surface area (Å²) in [5.74, 6) is 0. The smallest absolute Gasteiger partial charge is 0.410 e. The third-order valence-corrected chi connectivity index (χ3v) is 5.62. The van der Waals surface area contributed by atoms with Crippen molar-refractivity contribution in [3.63, 3.8) is 0 Å². The molecule has 2 aliphatic rings. The molecular formula is C23H32ClNO3. The maximum absolute atomic E-state index is 12.1. The number of rotatable bonds is 4. The predicted molar refractivity (Wildman–Crippen MR) is 114 cm³/mol. The van der Waals surface area contributed by atoms with Crippen molar-refractivity contribution in [2.45, 2.75) is 65.6 Å². The molecule has 5 heteroatoms. The summed E-state index contributed by atoms with van der Waals surface area (Å²) in [7, 11) is 0. The Bertz CT molecular complexity index is 740. The third kappa shape index (κ3) is 5.51. The molecule has 1 aliphatic heterocycles. The Labute approximate surface area is 173 Å². The average molecular weight is 406 g/mol. The lowest BCUT2D eigenvalue weighted by Gasteiger charge is -2.40. The second-order valence-electron chi connectivity index (χ2n) is 9.75. The Morgan fingerprint density at radius 1 is 1.21 bits per heavy atom. The van der Waals surface area contributed by atoms with Crippen LogP contribution in [0.15, 0.2) is 29.8 Å². The number of benzene rings is 1. The molecule has 4 nitrogen and oxygen atoms in total. The van der Waals surface area contributed by atoms with Gasteiger partial charge in [0.15, 0.2) is 0 Å². The maximum Gasteiger partial charge on any atom is 0.410 e. The van der Waals surface area contributed by atoms with Gasteiger partial charge in [0.05, 0.1) is 25.8 Å². The van der Waals surface area contributed by atoms with E-state index in [1.807, 2.05) is 32.9 Å². The van der Waals surface area contributed by atoms with Crippen molar-refractivity contribution in [2.24, 2.45) is 5.41 Å². The van der Waals surface area contributed by atoms with E-state index in [9.17, 15) is 4.79 Å². The molecule has 1 aromatic rings. The second-order valence-corrected chi connectivity index (χ2v) is 10.2. The first-order valence-corrected chi connectivity index (χ1v) is 10.5. The van der Waals surface area contributed by atoms with Crippen LogP contribution in [0.3, 0.4) is 0 Å². The van der Waals surface area contributed by atoms with Crippen LogP contribution in [0.1, 0.15) is 59.4 Å². The number of nitrogens with zero attached hydrogens (tertiary/aromatic N) is 1. The molecule has 1 saturated heterocycles. The normalized spacial score (nSPS) is 20.1. The van der Waals surface area contributed by atoms with Crippen LogP contribution in [0.5, 0.6) is 0 Å². The molecule has 0 spiro atoms. The molecule has 1 aliphatic carbocycles. The van der Waals surface area contributed by atoms with E-state index < -0.39 is 5.60 Å². The molecule has 0 saturated carbocycles. The van der Waals surface area contributed by atoms with Gasteiger partial charge in [-0.25, -0.2) is 4.79 Å². The van der Waals surface area contributed by atoms with E-state index in [1.54, 1.807) is 4.90 Å². The Morgan fingerprint density at radius 3 is 2.46 bits per heavy atom. The quantitative estimate of drug-likeness (QED) is 0.622. The number of hydrogen-bond donors (Lipinski definition) is 0. The number of carbonyl (C=O) groups is 1. The summed E-state index contributed by atoms with van der Waals surface area (Å²) in [6, 6.07) is 8.11. The Hall–Kier alpha value is -1.52. The summed E-state index contributed by atoms with van der Waals surface area (Å²) in [5, 5.41) is 0.758. The monoisotopic (exact) mass is 405 g/mol. The summed E-state index contributed by atoms with van der Waals surface area (Å²) < 4.78 is 11.5. The van der Waals surface area contributed by atoms with Gasteiger partial charge in [-0.3, -0.25) is 0 Å². The average Bonchev–Trinajstić information content (AvgIpc) is 2.53. The number of hydrogen-bond acceptors (Lipinski definition) is 3. The second kappa shape index (κ2) is 8.08. The largest absolute Gasteiger partial charge is 0.444 e. The van der Waals surface area contributed by atoms with E-state index in [0.29, 0.717) is 25.1 Å². The minimum absolute atomic E-state index is 0.0847. The minimum Gasteiger partial charge on any atom is -0.444 e. The van der Waals surface area contributed by atoms with Crippen LogP contribution in [0.2, 0.25) is 5.02 Å². The van der Waals surface area contributed by atoms with Gasteiger partial charge in [0.25, 0.3) is 0 Å². The molecule has 0 radical (unpaired) electrons. The van der Waals surface area contributed by atoms with Crippen LogP contribution < -0.4 is 0 Å². The first-order chi connectivity index (χ1) is 13.0. The van der Waals surface area contributed by atoms with E-state index in [1.165, 1.54) is 16.7 Å². The van der Waals surface area contributed by atoms with Gasteiger partial charge in [0, 0.05) is 5.02 Å². The molecule has 0 atom stereocenters. The molecule has 0 bridgehead atoms. The van der Waals surface area contributed by atoms with Gasteiger partial charge in [0.2, 0.25) is 0 Å². The Balaban J connectivity index is 1.60. The Kier molecular flexibility index (Phi) is 6.11. The summed E-state index contributed by atoms with van der Waals surface area (Å²) in [6.07, 6.45) is 3.08. The van der Waals surface area contributed by atoms with E-state index in [2.05, 4.69) is 26.0 Å². The molecule has 0 N–H and O–H groups in total. The third-order valence-electron chi connectivity index (χ3n) is 5.37. The number of amides is 1. The SMILES string of the molecule is CC1(C)CCC(COC2CN(C(=O)OC(C)(C)C)C2)=C(c2ccc(Cl)cc2)C1. The van der Waals surface area contributed by atoms with Gasteiger partial charge < -0.3 is 14.4 Å². The highest BCUT2D eigenvalue weighted by Gasteiger charge is 2.35. The summed E-state index contributed by atoms with van der Waals surface area (Å²) in [5.41, 5.74) is 3.83. The van der Waals surface area contributed by atoms with Crippen LogP contribution >= 0.6 is 11.6 Å². The van der Waals surface area contributed by atoms with Crippen molar-refractivity contribution in [2.75, 3.05) is 19.7 Å². The van der Waals surface area contributed by atoms with Gasteiger partial charge in [-0.2, -0.15) is 0 Å². The van der Waals surface area contributed by atoms with Crippen LogP contribution in [0.25, 0.3) is 5.57 Å². The molecule has 154 valence electrons. The van der Waals surface area contributed by atoms with E-state index >= 15 is 0 Å². The first kappa shape index (κ1) is 21.2. The van der Waals surface area contributed by atoms with Gasteiger partial charge >= 0.3 is 6.09 Å². The molecule has 3 rings (SSSR count). The van der Waals surface area contributed by atoms with E-state index in [4.69, 9.17) is 21.1 Å². The number of carbonyl (C=O) groups excluding carboxylic acids is 1. The van der Waals surface area contributed by atoms with Crippen LogP contribution in [0.4, 0.5) is 4.79 Å². The fraction of sp³-hybridized carbons (Fsp3) is 0.609. The summed E-state index contributed by atoms with van der Waals surface area (Å²) in [4.78, 5) is 13.8. The molecule has 0 unspecified atom stereocenters. The van der Waals surface area contributed by atoms with Gasteiger partial charge in [0.1, 0.15) is 5.60 Å². The van der Waals surface area contributed by atoms with Crippen molar-refractivity contribution < 1.29 is 14.3 Å². The van der Waals surface area contributed by atoms with Crippen molar-refractivity contribution in [3.8, 4) is 0 Å². The van der Waals surface area contributed by atoms with Gasteiger partial charge in [-0.05, 0) is 74.3 Å². The highest BCUT2D eigenvalue weighted by atomic mass is 35.5. The van der Waals surface area contributed by atoms with E-state index in [-0.39, 0.29) is 12.2 Å². The summed E-state index contributed by atoms with van der Waals surface area (Å²) in [6.45, 7) is 12.1. The molecule has 28 heavy (non-hydrogen) atoms. The fourth-order valence-electron chi connectivity index (χ4n) is 3.69. The Morgan fingerprint density at radius 2 is 1.86 bits per heavy atom. The number of ether oxygens (including phenoxy) is 2. The summed E-state index contributed by atoms with van der Waals surface area (Å²) >= 11 is 6.07. The molecule has 1 amide bonds. The zero-order valence-corrected chi connectivity index (χ0v) is 18.4. The van der Waals surface area contributed by atoms with Crippen molar-refractivity contribution in [1.82, 2.24) is 4.90 Å². The standard InChI is InChI=1S/C23H32ClNO3/c1-22(2,3)28-21(26)25-13-19(14-25)27-15-17-10-11-23(4,5)12-20(17)16-6-8-18(24)9-7-16/h6-9,19H,10-15H2,1-5H3. The molecule has 0 aromatic heterocycles. The van der Waals surface area contributed by atoms with Gasteiger partial charge in [-0.1, -0.05) is 37.6 Å². The highest BCUT2D eigenvalue weighted by Crippen LogP contribution is 2.43. The minimum atomic E-state index is -0.462. The first-order valence-electron chi connectivity index (χ1n) is 10.1. The molecular weight excluding hydrogens is 374 g/mol. The molecule has 1 aromatic carbocycles. The number of halogens is 1. The zero-order chi connectivity index (χ0) is 20.5. The lowest BCUT2D eigenvalue weighted by Crippen LogP contribution is -2.56. The maximum atomic E-state index is 12.1. The number of allylic oxidation sites excluding steroid dienone is 1.